The van der Waals surface area contributed by atoms with E-state index in [-0.39, 0.29) is 24.5 Å². The topological polar surface area (TPSA) is 141 Å². The first-order valence-electron chi connectivity index (χ1n) is 12.0. The van der Waals surface area contributed by atoms with Crippen LogP contribution in [-0.4, -0.2) is 80.4 Å². The Morgan fingerprint density at radius 3 is 2.46 bits per heavy atom. The Morgan fingerprint density at radius 2 is 1.86 bits per heavy atom. The van der Waals surface area contributed by atoms with Gasteiger partial charge < -0.3 is 29.2 Å². The first kappa shape index (κ1) is 26.2. The van der Waals surface area contributed by atoms with Gasteiger partial charge in [-0.15, -0.1) is 0 Å². The first-order chi connectivity index (χ1) is 17.4. The fourth-order valence-electron chi connectivity index (χ4n) is 4.27. The van der Waals surface area contributed by atoms with Gasteiger partial charge in [0.15, 0.2) is 0 Å². The molecule has 1 saturated heterocycles. The normalized spacial score (nSPS) is 19.6. The molecule has 1 N–H and O–H groups in total. The number of nitro groups is 1. The molecule has 0 radical (unpaired) electrons. The predicted molar refractivity (Wildman–Crippen MR) is 132 cm³/mol. The number of benzene rings is 1. The quantitative estimate of drug-likeness (QED) is 0.452. The van der Waals surface area contributed by atoms with Crippen molar-refractivity contribution in [1.82, 2.24) is 19.4 Å². The summed E-state index contributed by atoms with van der Waals surface area (Å²) >= 11 is 0. The molecule has 2 amide bonds. The van der Waals surface area contributed by atoms with Crippen LogP contribution in [0.3, 0.4) is 0 Å². The first-order valence-corrected chi connectivity index (χ1v) is 12.0. The van der Waals surface area contributed by atoms with Crippen LogP contribution in [-0.2, 0) is 22.6 Å². The number of nitrogens with zero attached hydrogens (tertiary/aromatic N) is 5. The number of ether oxygens (including phenoxy) is 3. The predicted octanol–water partition coefficient (Wildman–Crippen LogP) is 3.24. The number of carbonyl (C=O) groups is 2. The molecule has 2 aromatic rings. The lowest BCUT2D eigenvalue weighted by Crippen LogP contribution is -2.53. The van der Waals surface area contributed by atoms with Gasteiger partial charge in [0.25, 0.3) is 0 Å². The van der Waals surface area contributed by atoms with Crippen LogP contribution in [0.5, 0.6) is 6.01 Å². The molecule has 0 bridgehead atoms. The summed E-state index contributed by atoms with van der Waals surface area (Å²) < 4.78 is 18.3. The van der Waals surface area contributed by atoms with E-state index in [4.69, 9.17) is 14.2 Å². The van der Waals surface area contributed by atoms with Crippen molar-refractivity contribution in [2.24, 2.45) is 0 Å². The van der Waals surface area contributed by atoms with Crippen LogP contribution < -0.4 is 10.1 Å². The second-order valence-corrected chi connectivity index (χ2v) is 10.5. The zero-order valence-corrected chi connectivity index (χ0v) is 21.4. The Kier molecular flexibility index (Phi) is 7.25. The highest BCUT2D eigenvalue weighted by Crippen LogP contribution is 2.31. The molecule has 4 rings (SSSR count). The van der Waals surface area contributed by atoms with Crippen molar-refractivity contribution in [2.75, 3.05) is 38.0 Å². The molecule has 200 valence electrons. The van der Waals surface area contributed by atoms with E-state index in [9.17, 15) is 19.7 Å². The number of hydrogen-bond donors (Lipinski definition) is 1. The molecule has 13 heteroatoms. The minimum atomic E-state index is -0.582. The number of anilines is 1. The molecule has 0 spiro atoms. The zero-order chi connectivity index (χ0) is 26.8. The number of nitrogens with one attached hydrogen (secondary N) is 1. The van der Waals surface area contributed by atoms with Gasteiger partial charge in [0.1, 0.15) is 24.0 Å². The van der Waals surface area contributed by atoms with Crippen LogP contribution in [0.2, 0.25) is 0 Å². The van der Waals surface area contributed by atoms with Gasteiger partial charge in [-0.05, 0) is 50.3 Å². The summed E-state index contributed by atoms with van der Waals surface area (Å²) in [5, 5.41) is 13.6. The summed E-state index contributed by atoms with van der Waals surface area (Å²) in [5.41, 5.74) is 0.249. The van der Waals surface area contributed by atoms with E-state index < -0.39 is 22.2 Å². The Bertz CT molecular complexity index is 1130. The molecular weight excluding hydrogens is 484 g/mol. The Balaban J connectivity index is 1.18. The fourth-order valence-corrected chi connectivity index (χ4v) is 4.27. The molecule has 2 aliphatic heterocycles. The lowest BCUT2D eigenvalue weighted by molar-refractivity contribution is -0.389. The van der Waals surface area contributed by atoms with Crippen molar-refractivity contribution < 1.29 is 28.7 Å². The molecule has 37 heavy (non-hydrogen) atoms. The Labute approximate surface area is 214 Å². The van der Waals surface area contributed by atoms with Crippen molar-refractivity contribution in [3.05, 3.63) is 46.1 Å². The number of hydrogen-bond acceptors (Lipinski definition) is 9. The van der Waals surface area contributed by atoms with Gasteiger partial charge in [0.05, 0.1) is 6.54 Å². The number of aromatic nitrogens is 2. The van der Waals surface area contributed by atoms with Gasteiger partial charge in [-0.2, -0.15) is 0 Å². The summed E-state index contributed by atoms with van der Waals surface area (Å²) in [5.74, 6) is -0.224. The molecule has 3 heterocycles. The summed E-state index contributed by atoms with van der Waals surface area (Å²) in [7, 11) is 0. The number of piperazine rings is 1. The number of rotatable bonds is 6. The summed E-state index contributed by atoms with van der Waals surface area (Å²) in [4.78, 5) is 42.6. The molecule has 13 nitrogen and oxygen atoms in total. The lowest BCUT2D eigenvalue weighted by Gasteiger charge is -2.37. The molecule has 2 aliphatic rings. The number of fused-ring (bicyclic) bond motifs is 1. The van der Waals surface area contributed by atoms with Crippen LogP contribution in [0, 0.1) is 10.1 Å². The highest BCUT2D eigenvalue weighted by Gasteiger charge is 2.42. The summed E-state index contributed by atoms with van der Waals surface area (Å²) in [6.45, 7) is 10.9. The zero-order valence-electron chi connectivity index (χ0n) is 21.4. The molecule has 1 fully saturated rings. The highest BCUT2D eigenvalue weighted by atomic mass is 16.6. The highest BCUT2D eigenvalue weighted by molar-refractivity contribution is 5.84. The number of carbonyl (C=O) groups excluding carboxylic acids is 2. The molecule has 0 aliphatic carbocycles. The van der Waals surface area contributed by atoms with Gasteiger partial charge in [-0.25, -0.2) is 9.59 Å². The van der Waals surface area contributed by atoms with Crippen LogP contribution in [0.1, 0.15) is 33.3 Å². The fraction of sp³-hybridized carbons (Fsp3) is 0.542. The molecule has 1 unspecified atom stereocenters. The second kappa shape index (κ2) is 10.2. The lowest BCUT2D eigenvalue weighted by atomic mass is 10.1. The molecule has 1 aromatic carbocycles. The van der Waals surface area contributed by atoms with Crippen molar-refractivity contribution in [1.29, 1.82) is 0 Å². The number of amides is 2. The van der Waals surface area contributed by atoms with E-state index in [1.54, 1.807) is 54.5 Å². The van der Waals surface area contributed by atoms with E-state index in [0.717, 1.165) is 5.56 Å². The average Bonchev–Trinajstić information content (AvgIpc) is 3.32. The molecule has 0 saturated carbocycles. The van der Waals surface area contributed by atoms with Crippen molar-refractivity contribution >= 4 is 23.7 Å². The maximum atomic E-state index is 12.6. The third-order valence-electron chi connectivity index (χ3n) is 5.91. The van der Waals surface area contributed by atoms with Crippen molar-refractivity contribution in [3.63, 3.8) is 0 Å². The second-order valence-electron chi connectivity index (χ2n) is 10.5. The molecule has 1 atom stereocenters. The minimum Gasteiger partial charge on any atom is -0.445 e. The van der Waals surface area contributed by atoms with E-state index in [1.165, 1.54) is 6.20 Å². The van der Waals surface area contributed by atoms with Gasteiger partial charge in [0.2, 0.25) is 0 Å². The maximum absolute atomic E-state index is 12.6. The van der Waals surface area contributed by atoms with E-state index in [0.29, 0.717) is 45.0 Å². The van der Waals surface area contributed by atoms with Gasteiger partial charge in [-0.1, -0.05) is 12.1 Å². The Hall–Kier alpha value is -3.87. The van der Waals surface area contributed by atoms with Crippen LogP contribution >= 0.6 is 0 Å². The smallest absolute Gasteiger partial charge is 0.415 e. The SMILES string of the molecule is CC(C)(C)OC(=O)Nc1ccc(COC(=O)N2CCN(CC3(C)Cn4cc([N+](=O)[O-])nc4O3)CC2)cc1. The number of imidazole rings is 1. The molecular formula is C24H32N6O7. The third kappa shape index (κ3) is 6.88. The average molecular weight is 517 g/mol. The largest absolute Gasteiger partial charge is 0.445 e. The van der Waals surface area contributed by atoms with Crippen LogP contribution in [0.15, 0.2) is 30.5 Å². The standard InChI is InChI=1S/C24H32N6O7/c1-23(2,3)37-21(31)25-18-7-5-17(6-8-18)14-35-22(32)28-11-9-27(10-12-28)15-24(4)16-29-13-19(30(33)34)26-20(29)36-24/h5-8,13H,9-12,14-16H2,1-4H3,(H,25,31). The van der Waals surface area contributed by atoms with E-state index in [1.807, 2.05) is 6.92 Å². The van der Waals surface area contributed by atoms with Crippen molar-refractivity contribution in [3.8, 4) is 6.01 Å². The van der Waals surface area contributed by atoms with Crippen molar-refractivity contribution in [2.45, 2.75) is 52.0 Å². The van der Waals surface area contributed by atoms with Gasteiger partial charge in [-0.3, -0.25) is 14.8 Å². The van der Waals surface area contributed by atoms with Crippen LogP contribution in [0.25, 0.3) is 0 Å². The monoisotopic (exact) mass is 516 g/mol. The van der Waals surface area contributed by atoms with Crippen LogP contribution in [0.4, 0.5) is 21.1 Å². The van der Waals surface area contributed by atoms with Gasteiger partial charge in [0, 0.05) is 43.4 Å². The Morgan fingerprint density at radius 1 is 1.19 bits per heavy atom. The summed E-state index contributed by atoms with van der Waals surface area (Å²) in [6, 6.07) is 7.26. The maximum Gasteiger partial charge on any atom is 0.415 e. The molecule has 1 aromatic heterocycles. The van der Waals surface area contributed by atoms with E-state index >= 15 is 0 Å². The third-order valence-corrected chi connectivity index (χ3v) is 5.91. The summed E-state index contributed by atoms with van der Waals surface area (Å²) in [6.07, 6.45) is 0.472. The van der Waals surface area contributed by atoms with Gasteiger partial charge >= 0.3 is 24.0 Å². The minimum absolute atomic E-state index is 0.120. The van der Waals surface area contributed by atoms with E-state index in [2.05, 4.69) is 15.2 Å².